The second-order valence-corrected chi connectivity index (χ2v) is 5.95. The Labute approximate surface area is 124 Å². The van der Waals surface area contributed by atoms with Crippen LogP contribution in [-0.4, -0.2) is 14.2 Å². The Balaban J connectivity index is 2.19. The van der Waals surface area contributed by atoms with Crippen LogP contribution in [0.4, 0.5) is 4.39 Å². The average molecular weight is 344 g/mol. The first-order valence-electron chi connectivity index (χ1n) is 5.88. The van der Waals surface area contributed by atoms with E-state index in [-0.39, 0.29) is 17.6 Å². The SMILES string of the molecule is CNC(Cc1ccc(OC)c(F)c1)c1sccc1Br. The summed E-state index contributed by atoms with van der Waals surface area (Å²) in [5, 5.41) is 5.31. The summed E-state index contributed by atoms with van der Waals surface area (Å²) in [6.07, 6.45) is 0.733. The molecule has 1 heterocycles. The van der Waals surface area contributed by atoms with E-state index in [0.717, 1.165) is 16.5 Å². The Morgan fingerprint density at radius 2 is 2.21 bits per heavy atom. The fourth-order valence-electron chi connectivity index (χ4n) is 1.95. The number of hydrogen-bond donors (Lipinski definition) is 1. The van der Waals surface area contributed by atoms with E-state index in [1.807, 2.05) is 24.6 Å². The third-order valence-electron chi connectivity index (χ3n) is 2.97. The molecule has 0 aliphatic heterocycles. The topological polar surface area (TPSA) is 21.3 Å². The van der Waals surface area contributed by atoms with Gasteiger partial charge in [-0.05, 0) is 58.5 Å². The van der Waals surface area contributed by atoms with Crippen molar-refractivity contribution in [3.05, 3.63) is 50.4 Å². The van der Waals surface area contributed by atoms with Crippen molar-refractivity contribution in [1.29, 1.82) is 0 Å². The maximum Gasteiger partial charge on any atom is 0.165 e. The molecular weight excluding hydrogens is 329 g/mol. The van der Waals surface area contributed by atoms with Crippen LogP contribution >= 0.6 is 27.3 Å². The van der Waals surface area contributed by atoms with E-state index in [4.69, 9.17) is 4.74 Å². The van der Waals surface area contributed by atoms with Crippen molar-refractivity contribution in [1.82, 2.24) is 5.32 Å². The number of methoxy groups -OCH3 is 1. The highest BCUT2D eigenvalue weighted by molar-refractivity contribution is 9.10. The van der Waals surface area contributed by atoms with Crippen LogP contribution < -0.4 is 10.1 Å². The second kappa shape index (κ2) is 6.50. The summed E-state index contributed by atoms with van der Waals surface area (Å²) in [6, 6.07) is 7.29. The summed E-state index contributed by atoms with van der Waals surface area (Å²) in [5.74, 6) is -0.0397. The van der Waals surface area contributed by atoms with Crippen molar-refractivity contribution < 1.29 is 9.13 Å². The smallest absolute Gasteiger partial charge is 0.165 e. The highest BCUT2D eigenvalue weighted by Crippen LogP contribution is 2.31. The number of benzene rings is 1. The first kappa shape index (κ1) is 14.5. The van der Waals surface area contributed by atoms with Crippen LogP contribution in [0.15, 0.2) is 34.1 Å². The van der Waals surface area contributed by atoms with Gasteiger partial charge in [-0.25, -0.2) is 4.39 Å². The van der Waals surface area contributed by atoms with Gasteiger partial charge in [-0.15, -0.1) is 11.3 Å². The van der Waals surface area contributed by atoms with Crippen LogP contribution in [0.25, 0.3) is 0 Å². The minimum atomic E-state index is -0.319. The van der Waals surface area contributed by atoms with Gasteiger partial charge in [-0.2, -0.15) is 0 Å². The molecule has 0 spiro atoms. The second-order valence-electron chi connectivity index (χ2n) is 4.15. The highest BCUT2D eigenvalue weighted by atomic mass is 79.9. The third-order valence-corrected chi connectivity index (χ3v) is 4.95. The molecule has 0 amide bonds. The standard InChI is InChI=1S/C14H15BrFNOS/c1-17-12(14-10(15)5-6-19-14)8-9-3-4-13(18-2)11(16)7-9/h3-7,12,17H,8H2,1-2H3. The molecule has 102 valence electrons. The molecule has 1 atom stereocenters. The predicted molar refractivity (Wildman–Crippen MR) is 80.5 cm³/mol. The Morgan fingerprint density at radius 1 is 1.42 bits per heavy atom. The summed E-state index contributed by atoms with van der Waals surface area (Å²) >= 11 is 5.22. The lowest BCUT2D eigenvalue weighted by atomic mass is 10.0. The molecular formula is C14H15BrFNOS. The van der Waals surface area contributed by atoms with Crippen molar-refractivity contribution in [2.24, 2.45) is 0 Å². The lowest BCUT2D eigenvalue weighted by Gasteiger charge is -2.16. The summed E-state index contributed by atoms with van der Waals surface area (Å²) in [4.78, 5) is 1.22. The van der Waals surface area contributed by atoms with Crippen LogP contribution in [0.5, 0.6) is 5.75 Å². The fraction of sp³-hybridized carbons (Fsp3) is 0.286. The molecule has 1 unspecified atom stereocenters. The van der Waals surface area contributed by atoms with E-state index in [1.165, 1.54) is 18.1 Å². The molecule has 0 radical (unpaired) electrons. The van der Waals surface area contributed by atoms with Crippen molar-refractivity contribution in [3.63, 3.8) is 0 Å². The Morgan fingerprint density at radius 3 is 2.74 bits per heavy atom. The zero-order chi connectivity index (χ0) is 13.8. The van der Waals surface area contributed by atoms with Gasteiger partial charge in [0.1, 0.15) is 0 Å². The number of halogens is 2. The molecule has 1 aromatic carbocycles. The van der Waals surface area contributed by atoms with Gasteiger partial charge in [0.2, 0.25) is 0 Å². The van der Waals surface area contributed by atoms with Gasteiger partial charge in [0, 0.05) is 15.4 Å². The van der Waals surface area contributed by atoms with E-state index < -0.39 is 0 Å². The first-order valence-corrected chi connectivity index (χ1v) is 7.55. The van der Waals surface area contributed by atoms with E-state index in [2.05, 4.69) is 21.2 Å². The quantitative estimate of drug-likeness (QED) is 0.879. The van der Waals surface area contributed by atoms with Gasteiger partial charge >= 0.3 is 0 Å². The van der Waals surface area contributed by atoms with Crippen molar-refractivity contribution >= 4 is 27.3 Å². The molecule has 0 saturated heterocycles. The van der Waals surface area contributed by atoms with Gasteiger partial charge in [0.25, 0.3) is 0 Å². The summed E-state index contributed by atoms with van der Waals surface area (Å²) in [6.45, 7) is 0. The molecule has 0 bridgehead atoms. The maximum absolute atomic E-state index is 13.7. The Hall–Kier alpha value is -0.910. The average Bonchev–Trinajstić information content (AvgIpc) is 2.82. The monoisotopic (exact) mass is 343 g/mol. The summed E-state index contributed by atoms with van der Waals surface area (Å²) < 4.78 is 19.7. The lowest BCUT2D eigenvalue weighted by Crippen LogP contribution is -2.18. The minimum absolute atomic E-state index is 0.169. The number of rotatable bonds is 5. The molecule has 5 heteroatoms. The van der Waals surface area contributed by atoms with Crippen molar-refractivity contribution in [2.75, 3.05) is 14.2 Å². The number of likely N-dealkylation sites (N-methyl/N-ethyl adjacent to an activating group) is 1. The zero-order valence-electron chi connectivity index (χ0n) is 10.7. The molecule has 19 heavy (non-hydrogen) atoms. The Bertz CT molecular complexity index is 558. The third kappa shape index (κ3) is 3.35. The van der Waals surface area contributed by atoms with E-state index in [0.29, 0.717) is 0 Å². The van der Waals surface area contributed by atoms with Gasteiger partial charge in [0.15, 0.2) is 11.6 Å². The van der Waals surface area contributed by atoms with Crippen LogP contribution in [0.1, 0.15) is 16.5 Å². The summed E-state index contributed by atoms with van der Waals surface area (Å²) in [7, 11) is 3.38. The van der Waals surface area contributed by atoms with E-state index >= 15 is 0 Å². The van der Waals surface area contributed by atoms with E-state index in [1.54, 1.807) is 17.4 Å². The van der Waals surface area contributed by atoms with Gasteiger partial charge in [-0.3, -0.25) is 0 Å². The van der Waals surface area contributed by atoms with Crippen LogP contribution in [-0.2, 0) is 6.42 Å². The molecule has 1 aromatic heterocycles. The van der Waals surface area contributed by atoms with Crippen molar-refractivity contribution in [3.8, 4) is 5.75 Å². The first-order chi connectivity index (χ1) is 9.15. The number of thiophene rings is 1. The number of hydrogen-bond acceptors (Lipinski definition) is 3. The van der Waals surface area contributed by atoms with E-state index in [9.17, 15) is 4.39 Å². The highest BCUT2D eigenvalue weighted by Gasteiger charge is 2.15. The normalized spacial score (nSPS) is 12.4. The molecule has 0 saturated carbocycles. The molecule has 2 rings (SSSR count). The Kier molecular flexibility index (Phi) is 4.96. The van der Waals surface area contributed by atoms with Gasteiger partial charge in [-0.1, -0.05) is 6.07 Å². The summed E-state index contributed by atoms with van der Waals surface area (Å²) in [5.41, 5.74) is 0.943. The van der Waals surface area contributed by atoms with Crippen LogP contribution in [0.2, 0.25) is 0 Å². The molecule has 2 aromatic rings. The van der Waals surface area contributed by atoms with Crippen LogP contribution in [0, 0.1) is 5.82 Å². The number of nitrogens with one attached hydrogen (secondary N) is 1. The zero-order valence-corrected chi connectivity index (χ0v) is 13.1. The molecule has 0 aliphatic carbocycles. The lowest BCUT2D eigenvalue weighted by molar-refractivity contribution is 0.386. The molecule has 2 nitrogen and oxygen atoms in total. The van der Waals surface area contributed by atoms with Crippen molar-refractivity contribution in [2.45, 2.75) is 12.5 Å². The van der Waals surface area contributed by atoms with Gasteiger partial charge in [0.05, 0.1) is 7.11 Å². The predicted octanol–water partition coefficient (Wildman–Crippen LogP) is 4.16. The molecule has 1 N–H and O–H groups in total. The minimum Gasteiger partial charge on any atom is -0.494 e. The maximum atomic E-state index is 13.7. The molecule has 0 fully saturated rings. The molecule has 0 aliphatic rings. The van der Waals surface area contributed by atoms with Gasteiger partial charge < -0.3 is 10.1 Å². The number of ether oxygens (including phenoxy) is 1. The van der Waals surface area contributed by atoms with Crippen LogP contribution in [0.3, 0.4) is 0 Å². The largest absolute Gasteiger partial charge is 0.494 e. The fourth-order valence-corrected chi connectivity index (χ4v) is 3.71.